The van der Waals surface area contributed by atoms with Gasteiger partial charge in [0, 0.05) is 35.9 Å². The molecule has 5 rings (SSSR count). The predicted molar refractivity (Wildman–Crippen MR) is 137 cm³/mol. The fourth-order valence-electron chi connectivity index (χ4n) is 4.72. The minimum absolute atomic E-state index is 0.0269. The Balaban J connectivity index is 1.36. The van der Waals surface area contributed by atoms with Crippen molar-refractivity contribution in [3.63, 3.8) is 0 Å². The molecule has 6 nitrogen and oxygen atoms in total. The molecule has 33 heavy (non-hydrogen) atoms. The van der Waals surface area contributed by atoms with Crippen LogP contribution in [0.1, 0.15) is 40.7 Å². The van der Waals surface area contributed by atoms with Gasteiger partial charge in [0.25, 0.3) is 5.91 Å². The molecule has 1 saturated heterocycles. The molecule has 0 unspecified atom stereocenters. The molecule has 3 aromatic heterocycles. The van der Waals surface area contributed by atoms with Gasteiger partial charge in [0.05, 0.1) is 17.8 Å². The van der Waals surface area contributed by atoms with Gasteiger partial charge in [-0.1, -0.05) is 25.1 Å². The van der Waals surface area contributed by atoms with Crippen LogP contribution in [0.3, 0.4) is 0 Å². The number of fused-ring (bicyclic) bond motifs is 2. The zero-order valence-electron chi connectivity index (χ0n) is 19.4. The second kappa shape index (κ2) is 9.53. The van der Waals surface area contributed by atoms with E-state index in [1.807, 2.05) is 29.7 Å². The summed E-state index contributed by atoms with van der Waals surface area (Å²) in [6, 6.07) is 14.6. The minimum Gasteiger partial charge on any atom is -0.354 e. The Bertz CT molecular complexity index is 1240. The molecule has 1 amide bonds. The second-order valence-electron chi connectivity index (χ2n) is 8.79. The van der Waals surface area contributed by atoms with Gasteiger partial charge in [-0.15, -0.1) is 11.3 Å². The molecule has 4 heterocycles. The summed E-state index contributed by atoms with van der Waals surface area (Å²) in [5, 5.41) is 4.37. The van der Waals surface area contributed by atoms with E-state index in [9.17, 15) is 4.79 Å². The van der Waals surface area contributed by atoms with Gasteiger partial charge in [-0.05, 0) is 62.0 Å². The third kappa shape index (κ3) is 4.61. The summed E-state index contributed by atoms with van der Waals surface area (Å²) in [6.45, 7) is 6.82. The Morgan fingerprint density at radius 2 is 2.00 bits per heavy atom. The molecule has 1 aromatic carbocycles. The zero-order valence-corrected chi connectivity index (χ0v) is 20.2. The number of likely N-dealkylation sites (tertiary alicyclic amines) is 1. The maximum Gasteiger partial charge on any atom is 0.252 e. The number of anilines is 1. The highest BCUT2D eigenvalue weighted by Crippen LogP contribution is 2.29. The van der Waals surface area contributed by atoms with Gasteiger partial charge in [-0.2, -0.15) is 0 Å². The molecular formula is C26H31N5OS. The van der Waals surface area contributed by atoms with Gasteiger partial charge in [0.15, 0.2) is 0 Å². The van der Waals surface area contributed by atoms with E-state index in [1.54, 1.807) is 0 Å². The smallest absolute Gasteiger partial charge is 0.252 e. The third-order valence-corrected chi connectivity index (χ3v) is 7.50. The lowest BCUT2D eigenvalue weighted by molar-refractivity contribution is 0.0949. The number of hydrogen-bond donors (Lipinski definition) is 1. The maximum absolute atomic E-state index is 12.8. The van der Waals surface area contributed by atoms with Gasteiger partial charge < -0.3 is 15.1 Å². The number of carbonyl (C=O) groups is 1. The van der Waals surface area contributed by atoms with Crippen LogP contribution in [0.15, 0.2) is 48.7 Å². The fourth-order valence-corrected chi connectivity index (χ4v) is 5.83. The average Bonchev–Trinajstić information content (AvgIpc) is 3.55. The normalized spacial score (nSPS) is 14.4. The molecule has 1 N–H and O–H groups in total. The SMILES string of the molecule is CCc1nc2ccc(C(=O)NCCN3CCCC3)cn2c1N(C)Cc1cc2ccccc2s1. The zero-order chi connectivity index (χ0) is 22.8. The van der Waals surface area contributed by atoms with Crippen molar-refractivity contribution in [1.29, 1.82) is 0 Å². The van der Waals surface area contributed by atoms with Crippen LogP contribution in [0.2, 0.25) is 0 Å². The number of aryl methyl sites for hydroxylation is 1. The van der Waals surface area contributed by atoms with Gasteiger partial charge in [-0.25, -0.2) is 4.98 Å². The first-order valence-corrected chi connectivity index (χ1v) is 12.6. The Labute approximate surface area is 198 Å². The van der Waals surface area contributed by atoms with Gasteiger partial charge in [0.1, 0.15) is 11.5 Å². The van der Waals surface area contributed by atoms with E-state index in [0.29, 0.717) is 12.1 Å². The van der Waals surface area contributed by atoms with Gasteiger partial charge in [-0.3, -0.25) is 9.20 Å². The highest BCUT2D eigenvalue weighted by Gasteiger charge is 2.18. The van der Waals surface area contributed by atoms with Crippen LogP contribution in [0.25, 0.3) is 15.7 Å². The molecule has 0 aliphatic carbocycles. The summed E-state index contributed by atoms with van der Waals surface area (Å²) in [5.74, 6) is 1.03. The number of amides is 1. The topological polar surface area (TPSA) is 52.9 Å². The molecule has 1 fully saturated rings. The van der Waals surface area contributed by atoms with Gasteiger partial charge >= 0.3 is 0 Å². The lowest BCUT2D eigenvalue weighted by Gasteiger charge is -2.19. The van der Waals surface area contributed by atoms with Crippen LogP contribution < -0.4 is 10.2 Å². The first-order valence-electron chi connectivity index (χ1n) is 11.8. The Morgan fingerprint density at radius 3 is 2.79 bits per heavy atom. The monoisotopic (exact) mass is 461 g/mol. The molecule has 172 valence electrons. The number of aromatic nitrogens is 2. The molecule has 1 aliphatic heterocycles. The number of nitrogens with one attached hydrogen (secondary N) is 1. The van der Waals surface area contributed by atoms with E-state index in [0.717, 1.165) is 49.8 Å². The number of hydrogen-bond acceptors (Lipinski definition) is 5. The standard InChI is InChI=1S/C26H31N5OS/c1-3-22-26(29(2)18-21-16-19-8-4-5-9-23(19)33-21)31-17-20(10-11-24(31)28-22)25(32)27-12-15-30-13-6-7-14-30/h4-5,8-11,16-17H,3,6-7,12-15,18H2,1-2H3,(H,27,32). The average molecular weight is 462 g/mol. The van der Waals surface area contributed by atoms with Crippen LogP contribution in [0.4, 0.5) is 5.82 Å². The molecule has 0 spiro atoms. The van der Waals surface area contributed by atoms with Crippen molar-refractivity contribution in [1.82, 2.24) is 19.6 Å². The quantitative estimate of drug-likeness (QED) is 0.418. The maximum atomic E-state index is 12.8. The Kier molecular flexibility index (Phi) is 6.33. The van der Waals surface area contributed by atoms with Crippen LogP contribution in [0.5, 0.6) is 0 Å². The molecule has 1 aliphatic rings. The van der Waals surface area contributed by atoms with Crippen LogP contribution in [-0.4, -0.2) is 53.4 Å². The lowest BCUT2D eigenvalue weighted by Crippen LogP contribution is -2.33. The minimum atomic E-state index is -0.0269. The number of thiophene rings is 1. The lowest BCUT2D eigenvalue weighted by atomic mass is 10.2. The van der Waals surface area contributed by atoms with E-state index in [4.69, 9.17) is 4.98 Å². The number of nitrogens with zero attached hydrogens (tertiary/aromatic N) is 4. The number of rotatable bonds is 8. The largest absolute Gasteiger partial charge is 0.354 e. The number of benzene rings is 1. The second-order valence-corrected chi connectivity index (χ2v) is 9.96. The van der Waals surface area contributed by atoms with Crippen molar-refractivity contribution >= 4 is 38.8 Å². The van der Waals surface area contributed by atoms with Crippen molar-refractivity contribution in [3.8, 4) is 0 Å². The van der Waals surface area contributed by atoms with E-state index >= 15 is 0 Å². The van der Waals surface area contributed by atoms with Gasteiger partial charge in [0.2, 0.25) is 0 Å². The van der Waals surface area contributed by atoms with Crippen molar-refractivity contribution in [3.05, 3.63) is 64.8 Å². The van der Waals surface area contributed by atoms with E-state index < -0.39 is 0 Å². The Hall–Kier alpha value is -2.90. The molecule has 0 saturated carbocycles. The number of imidazole rings is 1. The third-order valence-electron chi connectivity index (χ3n) is 6.40. The van der Waals surface area contributed by atoms with E-state index in [-0.39, 0.29) is 5.91 Å². The van der Waals surface area contributed by atoms with Crippen molar-refractivity contribution in [2.24, 2.45) is 0 Å². The van der Waals surface area contributed by atoms with Crippen LogP contribution >= 0.6 is 11.3 Å². The molecular weight excluding hydrogens is 430 g/mol. The van der Waals surface area contributed by atoms with Crippen molar-refractivity contribution in [2.75, 3.05) is 38.1 Å². The molecule has 4 aromatic rings. The highest BCUT2D eigenvalue weighted by atomic mass is 32.1. The first kappa shape index (κ1) is 21.9. The summed E-state index contributed by atoms with van der Waals surface area (Å²) in [5.41, 5.74) is 2.59. The fraction of sp³-hybridized carbons (Fsp3) is 0.385. The van der Waals surface area contributed by atoms with Crippen molar-refractivity contribution in [2.45, 2.75) is 32.7 Å². The summed E-state index contributed by atoms with van der Waals surface area (Å²) in [4.78, 5) is 23.6. The molecule has 7 heteroatoms. The summed E-state index contributed by atoms with van der Waals surface area (Å²) >= 11 is 1.83. The number of pyridine rings is 1. The summed E-state index contributed by atoms with van der Waals surface area (Å²) in [7, 11) is 2.11. The molecule has 0 radical (unpaired) electrons. The highest BCUT2D eigenvalue weighted by molar-refractivity contribution is 7.19. The van der Waals surface area contributed by atoms with E-state index in [2.05, 4.69) is 63.8 Å². The Morgan fingerprint density at radius 1 is 1.18 bits per heavy atom. The number of carbonyl (C=O) groups excluding carboxylic acids is 1. The summed E-state index contributed by atoms with van der Waals surface area (Å²) in [6.07, 6.45) is 5.31. The predicted octanol–water partition coefficient (Wildman–Crippen LogP) is 4.57. The molecule has 0 bridgehead atoms. The summed E-state index contributed by atoms with van der Waals surface area (Å²) < 4.78 is 3.38. The first-order chi connectivity index (χ1) is 16.1. The van der Waals surface area contributed by atoms with Crippen LogP contribution in [-0.2, 0) is 13.0 Å². The molecule has 0 atom stereocenters. The van der Waals surface area contributed by atoms with E-state index in [1.165, 1.54) is 27.8 Å². The van der Waals surface area contributed by atoms with Crippen LogP contribution in [0, 0.1) is 0 Å². The van der Waals surface area contributed by atoms with Crippen molar-refractivity contribution < 1.29 is 4.79 Å².